The lowest BCUT2D eigenvalue weighted by Crippen LogP contribution is -2.47. The minimum atomic E-state index is -4.51. The summed E-state index contributed by atoms with van der Waals surface area (Å²) in [6.07, 6.45) is -2.47. The van der Waals surface area contributed by atoms with Gasteiger partial charge in [-0.3, -0.25) is 0 Å². The highest BCUT2D eigenvalue weighted by molar-refractivity contribution is 4.89. The van der Waals surface area contributed by atoms with Crippen molar-refractivity contribution < 1.29 is 18.3 Å². The van der Waals surface area contributed by atoms with E-state index >= 15 is 0 Å². The van der Waals surface area contributed by atoms with E-state index in [1.54, 1.807) is 0 Å². The summed E-state index contributed by atoms with van der Waals surface area (Å²) < 4.78 is 36.2. The second kappa shape index (κ2) is 5.12. The Kier molecular flexibility index (Phi) is 3.95. The summed E-state index contributed by atoms with van der Waals surface area (Å²) in [4.78, 5) is 2.42. The molecule has 0 spiro atoms. The van der Waals surface area contributed by atoms with Gasteiger partial charge in [-0.05, 0) is 38.8 Å². The summed E-state index contributed by atoms with van der Waals surface area (Å²) in [6.45, 7) is 1.53. The van der Waals surface area contributed by atoms with E-state index in [9.17, 15) is 13.2 Å². The molecule has 1 atom stereocenters. The summed E-state index contributed by atoms with van der Waals surface area (Å²) in [5.74, 6) is 0. The van der Waals surface area contributed by atoms with Crippen molar-refractivity contribution in [2.24, 2.45) is 0 Å². The number of alkyl halides is 3. The molecule has 2 fully saturated rings. The molecule has 100 valence electrons. The highest BCUT2D eigenvalue weighted by Crippen LogP contribution is 2.29. The van der Waals surface area contributed by atoms with Gasteiger partial charge >= 0.3 is 6.18 Å². The molecule has 0 aromatic heterocycles. The van der Waals surface area contributed by atoms with Crippen molar-refractivity contribution in [1.29, 1.82) is 0 Å². The molecule has 3 nitrogen and oxygen atoms in total. The Morgan fingerprint density at radius 1 is 1.18 bits per heavy atom. The normalized spacial score (nSPS) is 26.1. The minimum Gasteiger partial charge on any atom is -0.382 e. The maximum Gasteiger partial charge on any atom is 0.415 e. The van der Waals surface area contributed by atoms with E-state index in [1.165, 1.54) is 12.8 Å². The molecule has 2 aliphatic rings. The van der Waals surface area contributed by atoms with Crippen LogP contribution >= 0.6 is 0 Å². The zero-order valence-electron chi connectivity index (χ0n) is 9.71. The molecule has 1 heterocycles. The molecule has 0 aromatic carbocycles. The smallest absolute Gasteiger partial charge is 0.382 e. The highest BCUT2D eigenvalue weighted by Gasteiger charge is 2.38. The first-order valence-corrected chi connectivity index (χ1v) is 6.19. The van der Waals surface area contributed by atoms with Crippen molar-refractivity contribution in [1.82, 2.24) is 10.2 Å². The number of piperidine rings is 1. The minimum absolute atomic E-state index is 0.113. The Balaban J connectivity index is 1.64. The number of hydrogen-bond acceptors (Lipinski definition) is 3. The van der Waals surface area contributed by atoms with Crippen LogP contribution in [0.15, 0.2) is 0 Å². The fourth-order valence-electron chi connectivity index (χ4n) is 2.30. The molecule has 1 saturated heterocycles. The van der Waals surface area contributed by atoms with E-state index in [0.29, 0.717) is 0 Å². The van der Waals surface area contributed by atoms with Crippen molar-refractivity contribution in [3.05, 3.63) is 0 Å². The molecule has 0 radical (unpaired) electrons. The number of hydrogen-bond donors (Lipinski definition) is 2. The first-order chi connectivity index (χ1) is 7.97. The van der Waals surface area contributed by atoms with E-state index in [-0.39, 0.29) is 6.04 Å². The third kappa shape index (κ3) is 3.82. The monoisotopic (exact) mass is 252 g/mol. The molecule has 2 rings (SSSR count). The van der Waals surface area contributed by atoms with E-state index < -0.39 is 18.8 Å². The first-order valence-electron chi connectivity index (χ1n) is 6.19. The average molecular weight is 252 g/mol. The van der Waals surface area contributed by atoms with Crippen LogP contribution in [0.3, 0.4) is 0 Å². The lowest BCUT2D eigenvalue weighted by atomic mass is 10.0. The van der Waals surface area contributed by atoms with Gasteiger partial charge in [0.05, 0.1) is 0 Å². The van der Waals surface area contributed by atoms with Crippen LogP contribution in [-0.2, 0) is 0 Å². The molecule has 2 N–H and O–H groups in total. The van der Waals surface area contributed by atoms with Crippen molar-refractivity contribution >= 4 is 0 Å². The number of aliphatic hydroxyl groups is 1. The number of halogens is 3. The Morgan fingerprint density at radius 3 is 2.24 bits per heavy atom. The number of nitrogens with zero attached hydrogens (tertiary/aromatic N) is 1. The second-order valence-electron chi connectivity index (χ2n) is 5.01. The molecule has 1 aliphatic carbocycles. The summed E-state index contributed by atoms with van der Waals surface area (Å²) in [6, 6.07) is 0.846. The van der Waals surface area contributed by atoms with Crippen LogP contribution in [0.1, 0.15) is 25.7 Å². The van der Waals surface area contributed by atoms with Gasteiger partial charge in [-0.2, -0.15) is 13.2 Å². The second-order valence-corrected chi connectivity index (χ2v) is 5.01. The molecular formula is C11H19F3N2O. The topological polar surface area (TPSA) is 35.5 Å². The third-order valence-corrected chi connectivity index (χ3v) is 3.57. The van der Waals surface area contributed by atoms with Gasteiger partial charge in [-0.15, -0.1) is 0 Å². The fraction of sp³-hybridized carbons (Fsp3) is 1.00. The van der Waals surface area contributed by atoms with Gasteiger partial charge in [-0.1, -0.05) is 0 Å². The Labute approximate surface area is 99.0 Å². The van der Waals surface area contributed by atoms with Gasteiger partial charge in [0.1, 0.15) is 0 Å². The SMILES string of the molecule is OC(CNC1CCN(C2CC2)CC1)C(F)(F)F. The van der Waals surface area contributed by atoms with Crippen molar-refractivity contribution in [3.63, 3.8) is 0 Å². The number of aliphatic hydroxyl groups excluding tert-OH is 1. The van der Waals surface area contributed by atoms with Gasteiger partial charge in [-0.25, -0.2) is 0 Å². The van der Waals surface area contributed by atoms with Gasteiger partial charge < -0.3 is 15.3 Å². The lowest BCUT2D eigenvalue weighted by molar-refractivity contribution is -0.202. The summed E-state index contributed by atoms with van der Waals surface area (Å²) in [5.41, 5.74) is 0. The van der Waals surface area contributed by atoms with E-state index in [2.05, 4.69) is 10.2 Å². The van der Waals surface area contributed by atoms with Crippen molar-refractivity contribution in [2.75, 3.05) is 19.6 Å². The number of likely N-dealkylation sites (tertiary alicyclic amines) is 1. The van der Waals surface area contributed by atoms with Crippen LogP contribution in [-0.4, -0.2) is 54.0 Å². The predicted octanol–water partition coefficient (Wildman–Crippen LogP) is 1.13. The van der Waals surface area contributed by atoms with E-state index in [1.807, 2.05) is 0 Å². The summed E-state index contributed by atoms with van der Waals surface area (Å²) in [5, 5.41) is 11.7. The van der Waals surface area contributed by atoms with Gasteiger partial charge in [0.15, 0.2) is 6.10 Å². The Bertz CT molecular complexity index is 248. The fourth-order valence-corrected chi connectivity index (χ4v) is 2.30. The zero-order valence-corrected chi connectivity index (χ0v) is 9.71. The zero-order chi connectivity index (χ0) is 12.5. The lowest BCUT2D eigenvalue weighted by Gasteiger charge is -2.33. The summed E-state index contributed by atoms with van der Waals surface area (Å²) in [7, 11) is 0. The van der Waals surface area contributed by atoms with Crippen molar-refractivity contribution in [2.45, 2.75) is 50.0 Å². The maximum atomic E-state index is 12.1. The molecule has 6 heteroatoms. The van der Waals surface area contributed by atoms with Gasteiger partial charge in [0, 0.05) is 18.6 Å². The number of rotatable bonds is 4. The molecule has 1 saturated carbocycles. The predicted molar refractivity (Wildman–Crippen MR) is 57.7 cm³/mol. The average Bonchev–Trinajstić information content (AvgIpc) is 3.09. The van der Waals surface area contributed by atoms with Crippen LogP contribution in [0.5, 0.6) is 0 Å². The molecule has 0 aromatic rings. The van der Waals surface area contributed by atoms with Crippen LogP contribution in [0.2, 0.25) is 0 Å². The van der Waals surface area contributed by atoms with E-state index in [0.717, 1.165) is 32.0 Å². The van der Waals surface area contributed by atoms with Crippen LogP contribution in [0.25, 0.3) is 0 Å². The molecule has 0 amide bonds. The molecule has 1 aliphatic heterocycles. The summed E-state index contributed by atoms with van der Waals surface area (Å²) >= 11 is 0. The van der Waals surface area contributed by atoms with Crippen LogP contribution < -0.4 is 5.32 Å². The molecule has 17 heavy (non-hydrogen) atoms. The quantitative estimate of drug-likeness (QED) is 0.787. The van der Waals surface area contributed by atoms with E-state index in [4.69, 9.17) is 5.11 Å². The largest absolute Gasteiger partial charge is 0.415 e. The standard InChI is InChI=1S/C11H19F3N2O/c12-11(13,14)10(17)7-15-8-3-5-16(6-4-8)9-1-2-9/h8-10,15,17H,1-7H2. The van der Waals surface area contributed by atoms with Gasteiger partial charge in [0.25, 0.3) is 0 Å². The van der Waals surface area contributed by atoms with Gasteiger partial charge in [0.2, 0.25) is 0 Å². The Morgan fingerprint density at radius 2 is 1.76 bits per heavy atom. The molecule has 1 unspecified atom stereocenters. The molecule has 0 bridgehead atoms. The third-order valence-electron chi connectivity index (χ3n) is 3.57. The van der Waals surface area contributed by atoms with Crippen LogP contribution in [0.4, 0.5) is 13.2 Å². The van der Waals surface area contributed by atoms with Crippen molar-refractivity contribution in [3.8, 4) is 0 Å². The van der Waals surface area contributed by atoms with Crippen LogP contribution in [0, 0.1) is 0 Å². The highest BCUT2D eigenvalue weighted by atomic mass is 19.4. The number of nitrogens with one attached hydrogen (secondary N) is 1. The Hall–Kier alpha value is -0.330. The first kappa shape index (κ1) is 13.1. The molecular weight excluding hydrogens is 233 g/mol. The maximum absolute atomic E-state index is 12.1.